The molecule has 8 heteroatoms. The molecule has 0 bridgehead atoms. The molecule has 5 nitrogen and oxygen atoms in total. The lowest BCUT2D eigenvalue weighted by Gasteiger charge is -2.03. The third-order valence-electron chi connectivity index (χ3n) is 2.43. The topological polar surface area (TPSA) is 72.0 Å². The van der Waals surface area contributed by atoms with Crippen LogP contribution >= 0.6 is 22.7 Å². The van der Waals surface area contributed by atoms with E-state index in [0.29, 0.717) is 5.01 Å². The normalized spacial score (nSPS) is 11.4. The average Bonchev–Trinajstić information content (AvgIpc) is 3.10. The summed E-state index contributed by atoms with van der Waals surface area (Å²) in [5.74, 6) is 0. The molecule has 1 aromatic carbocycles. The number of sulfonamides is 1. The lowest BCUT2D eigenvalue weighted by Crippen LogP contribution is -2.12. The largest absolute Gasteiger partial charge is 0.263 e. The van der Waals surface area contributed by atoms with E-state index in [1.54, 1.807) is 18.2 Å². The lowest BCUT2D eigenvalue weighted by atomic mass is 10.4. The summed E-state index contributed by atoms with van der Waals surface area (Å²) in [6.45, 7) is 0. The van der Waals surface area contributed by atoms with Gasteiger partial charge in [0.15, 0.2) is 5.01 Å². The number of rotatable bonds is 4. The second kappa shape index (κ2) is 5.31. The van der Waals surface area contributed by atoms with Crippen LogP contribution in [-0.2, 0) is 10.0 Å². The molecule has 1 N–H and O–H groups in total. The van der Waals surface area contributed by atoms with Gasteiger partial charge in [0.05, 0.1) is 9.77 Å². The number of anilines is 1. The third kappa shape index (κ3) is 2.72. The van der Waals surface area contributed by atoms with E-state index in [4.69, 9.17) is 0 Å². The number of hydrogen-bond donors (Lipinski definition) is 1. The highest BCUT2D eigenvalue weighted by atomic mass is 32.2. The molecule has 20 heavy (non-hydrogen) atoms. The van der Waals surface area contributed by atoms with E-state index in [0.717, 1.165) is 4.88 Å². The molecule has 0 aliphatic heterocycles. The zero-order valence-electron chi connectivity index (χ0n) is 10.1. The van der Waals surface area contributed by atoms with Gasteiger partial charge in [0, 0.05) is 0 Å². The molecule has 2 heterocycles. The van der Waals surface area contributed by atoms with Crippen molar-refractivity contribution in [1.82, 2.24) is 10.2 Å². The van der Waals surface area contributed by atoms with Crippen LogP contribution in [0.1, 0.15) is 0 Å². The maximum absolute atomic E-state index is 12.1. The fraction of sp³-hybridized carbons (Fsp3) is 0. The molecule has 102 valence electrons. The SMILES string of the molecule is O=S(=O)(Nc1nnc(-c2cccs2)s1)c1ccccc1. The zero-order valence-corrected chi connectivity index (χ0v) is 12.5. The molecule has 2 aromatic heterocycles. The van der Waals surface area contributed by atoms with Crippen molar-refractivity contribution in [1.29, 1.82) is 0 Å². The maximum atomic E-state index is 12.1. The summed E-state index contributed by atoms with van der Waals surface area (Å²) in [6.07, 6.45) is 0. The van der Waals surface area contributed by atoms with Gasteiger partial charge in [0.25, 0.3) is 10.0 Å². The zero-order chi connectivity index (χ0) is 14.0. The highest BCUT2D eigenvalue weighted by Gasteiger charge is 2.16. The summed E-state index contributed by atoms with van der Waals surface area (Å²) >= 11 is 2.74. The van der Waals surface area contributed by atoms with Gasteiger partial charge in [0.2, 0.25) is 5.13 Å². The van der Waals surface area contributed by atoms with E-state index in [1.165, 1.54) is 34.8 Å². The first-order valence-corrected chi connectivity index (χ1v) is 8.78. The highest BCUT2D eigenvalue weighted by Crippen LogP contribution is 2.30. The van der Waals surface area contributed by atoms with Crippen LogP contribution in [0, 0.1) is 0 Å². The van der Waals surface area contributed by atoms with Crippen LogP contribution in [0.5, 0.6) is 0 Å². The standard InChI is InChI=1S/C12H9N3O2S3/c16-20(17,9-5-2-1-3-6-9)15-12-14-13-11(19-12)10-7-4-8-18-10/h1-8H,(H,14,15). The van der Waals surface area contributed by atoms with Gasteiger partial charge in [-0.2, -0.15) is 0 Å². The molecule has 0 atom stereocenters. The predicted molar refractivity (Wildman–Crippen MR) is 80.5 cm³/mol. The lowest BCUT2D eigenvalue weighted by molar-refractivity contribution is 0.601. The van der Waals surface area contributed by atoms with Crippen molar-refractivity contribution < 1.29 is 8.42 Å². The van der Waals surface area contributed by atoms with Crippen LogP contribution in [0.25, 0.3) is 9.88 Å². The number of aromatic nitrogens is 2. The fourth-order valence-corrected chi connectivity index (χ4v) is 4.32. The monoisotopic (exact) mass is 323 g/mol. The summed E-state index contributed by atoms with van der Waals surface area (Å²) in [7, 11) is -3.61. The first-order valence-electron chi connectivity index (χ1n) is 5.60. The summed E-state index contributed by atoms with van der Waals surface area (Å²) < 4.78 is 26.7. The Morgan fingerprint density at radius 3 is 2.50 bits per heavy atom. The minimum Gasteiger partial charge on any atom is -0.253 e. The van der Waals surface area contributed by atoms with Gasteiger partial charge in [-0.25, -0.2) is 8.42 Å². The summed E-state index contributed by atoms with van der Waals surface area (Å²) in [6, 6.07) is 12.0. The highest BCUT2D eigenvalue weighted by molar-refractivity contribution is 7.93. The van der Waals surface area contributed by atoms with Crippen molar-refractivity contribution in [3.63, 3.8) is 0 Å². The molecule has 0 saturated heterocycles. The van der Waals surface area contributed by atoms with Crippen molar-refractivity contribution in [2.75, 3.05) is 4.72 Å². The molecule has 3 aromatic rings. The molecular weight excluding hydrogens is 314 g/mol. The smallest absolute Gasteiger partial charge is 0.253 e. The van der Waals surface area contributed by atoms with Gasteiger partial charge in [0.1, 0.15) is 0 Å². The van der Waals surface area contributed by atoms with Gasteiger partial charge in [-0.05, 0) is 23.6 Å². The molecule has 0 spiro atoms. The van der Waals surface area contributed by atoms with Crippen molar-refractivity contribution in [2.45, 2.75) is 4.90 Å². The Kier molecular flexibility index (Phi) is 3.51. The Bertz CT molecular complexity index is 796. The second-order valence-corrected chi connectivity index (χ2v) is 7.42. The van der Waals surface area contributed by atoms with Crippen LogP contribution in [-0.4, -0.2) is 18.6 Å². The Morgan fingerprint density at radius 2 is 1.80 bits per heavy atom. The van der Waals surface area contributed by atoms with Crippen LogP contribution < -0.4 is 4.72 Å². The van der Waals surface area contributed by atoms with Crippen molar-refractivity contribution in [2.24, 2.45) is 0 Å². The molecule has 0 unspecified atom stereocenters. The van der Waals surface area contributed by atoms with Crippen LogP contribution in [0.3, 0.4) is 0 Å². The average molecular weight is 323 g/mol. The second-order valence-electron chi connectivity index (χ2n) is 3.81. The Hall–Kier alpha value is -1.77. The number of nitrogens with zero attached hydrogens (tertiary/aromatic N) is 2. The minimum absolute atomic E-state index is 0.202. The summed E-state index contributed by atoms with van der Waals surface area (Å²) in [5.41, 5.74) is 0. The molecule has 0 saturated carbocycles. The molecule has 0 fully saturated rings. The maximum Gasteiger partial charge on any atom is 0.263 e. The summed E-state index contributed by atoms with van der Waals surface area (Å²) in [5, 5.41) is 10.8. The fourth-order valence-electron chi connectivity index (χ4n) is 1.54. The number of hydrogen-bond acceptors (Lipinski definition) is 6. The molecule has 0 amide bonds. The van der Waals surface area contributed by atoms with Crippen LogP contribution in [0.4, 0.5) is 5.13 Å². The molecule has 3 rings (SSSR count). The van der Waals surface area contributed by atoms with Gasteiger partial charge < -0.3 is 0 Å². The van der Waals surface area contributed by atoms with E-state index >= 15 is 0 Å². The summed E-state index contributed by atoms with van der Waals surface area (Å²) in [4.78, 5) is 1.17. The van der Waals surface area contributed by atoms with Gasteiger partial charge >= 0.3 is 0 Å². The van der Waals surface area contributed by atoms with Gasteiger partial charge in [-0.3, -0.25) is 4.72 Å². The van der Waals surface area contributed by atoms with E-state index in [2.05, 4.69) is 14.9 Å². The quantitative estimate of drug-likeness (QED) is 0.801. The van der Waals surface area contributed by atoms with Crippen molar-refractivity contribution in [3.05, 3.63) is 47.8 Å². The number of nitrogens with one attached hydrogen (secondary N) is 1. The van der Waals surface area contributed by atoms with Crippen molar-refractivity contribution >= 4 is 37.8 Å². The Labute approximate surface area is 124 Å². The number of benzene rings is 1. The molecule has 0 radical (unpaired) electrons. The Morgan fingerprint density at radius 1 is 1.00 bits per heavy atom. The van der Waals surface area contributed by atoms with E-state index in [1.807, 2.05) is 17.5 Å². The van der Waals surface area contributed by atoms with E-state index in [-0.39, 0.29) is 10.0 Å². The molecular formula is C12H9N3O2S3. The molecule has 0 aliphatic carbocycles. The minimum atomic E-state index is -3.61. The van der Waals surface area contributed by atoms with Gasteiger partial charge in [-0.1, -0.05) is 35.6 Å². The van der Waals surface area contributed by atoms with Crippen LogP contribution in [0.2, 0.25) is 0 Å². The van der Waals surface area contributed by atoms with E-state index in [9.17, 15) is 8.42 Å². The first kappa shape index (κ1) is 13.2. The third-order valence-corrected chi connectivity index (χ3v) is 5.79. The first-order chi connectivity index (χ1) is 9.65. The van der Waals surface area contributed by atoms with E-state index < -0.39 is 10.0 Å². The van der Waals surface area contributed by atoms with Crippen molar-refractivity contribution in [3.8, 4) is 9.88 Å². The molecule has 0 aliphatic rings. The van der Waals surface area contributed by atoms with Crippen LogP contribution in [0.15, 0.2) is 52.7 Å². The number of thiophene rings is 1. The predicted octanol–water partition coefficient (Wildman–Crippen LogP) is 3.07. The van der Waals surface area contributed by atoms with Gasteiger partial charge in [-0.15, -0.1) is 21.5 Å². The Balaban J connectivity index is 1.85.